The van der Waals surface area contributed by atoms with Gasteiger partial charge < -0.3 is 11.1 Å². The number of nitrogens with two attached hydrogens (primary N) is 1. The maximum Gasteiger partial charge on any atom is 0.404 e. The van der Waals surface area contributed by atoms with Crippen LogP contribution >= 0.6 is 0 Å². The van der Waals surface area contributed by atoms with Crippen molar-refractivity contribution < 1.29 is 26.7 Å². The van der Waals surface area contributed by atoms with Crippen LogP contribution in [-0.2, 0) is 11.3 Å². The fraction of sp³-hybridized carbons (Fsp3) is 0.562. The van der Waals surface area contributed by atoms with Crippen molar-refractivity contribution in [1.82, 2.24) is 10.2 Å². The van der Waals surface area contributed by atoms with Gasteiger partial charge in [0.25, 0.3) is 5.92 Å². The van der Waals surface area contributed by atoms with Gasteiger partial charge in [-0.3, -0.25) is 9.69 Å². The van der Waals surface area contributed by atoms with E-state index in [2.05, 4.69) is 0 Å². The zero-order valence-corrected chi connectivity index (χ0v) is 13.5. The summed E-state index contributed by atoms with van der Waals surface area (Å²) in [5, 5.41) is 1.73. The largest absolute Gasteiger partial charge is 0.404 e. The molecule has 1 heterocycles. The molecule has 0 saturated carbocycles. The molecule has 1 aromatic rings. The monoisotopic (exact) mass is 365 g/mol. The van der Waals surface area contributed by atoms with Crippen LogP contribution in [0, 0.1) is 5.41 Å². The Hall–Kier alpha value is -1.74. The lowest BCUT2D eigenvalue weighted by Crippen LogP contribution is -2.54. The standard InChI is InChI=1S/C16H20F5N3O/c17-15(18,9-22)10-23-13(25)14(16(19,20)21)6-7-24(11-14)8-12-4-2-1-3-5-12/h1-5H,6-11,22H2,(H,23,25). The number of nitrogens with zero attached hydrogens (tertiary/aromatic N) is 1. The van der Waals surface area contributed by atoms with Crippen molar-refractivity contribution in [2.75, 3.05) is 26.2 Å². The number of carbonyl (C=O) groups excluding carboxylic acids is 1. The van der Waals surface area contributed by atoms with Crippen LogP contribution in [0.2, 0.25) is 0 Å². The quantitative estimate of drug-likeness (QED) is 0.760. The van der Waals surface area contributed by atoms with Gasteiger partial charge in [0, 0.05) is 13.1 Å². The summed E-state index contributed by atoms with van der Waals surface area (Å²) in [6.45, 7) is -2.52. The van der Waals surface area contributed by atoms with E-state index in [4.69, 9.17) is 5.73 Å². The summed E-state index contributed by atoms with van der Waals surface area (Å²) < 4.78 is 67.1. The lowest BCUT2D eigenvalue weighted by Gasteiger charge is -2.31. The first-order valence-corrected chi connectivity index (χ1v) is 7.79. The molecule has 1 saturated heterocycles. The zero-order chi connectivity index (χ0) is 18.7. The van der Waals surface area contributed by atoms with E-state index in [1.54, 1.807) is 35.6 Å². The van der Waals surface area contributed by atoms with Gasteiger partial charge in [0.15, 0.2) is 5.41 Å². The lowest BCUT2D eigenvalue weighted by atomic mass is 9.85. The summed E-state index contributed by atoms with van der Waals surface area (Å²) in [7, 11) is 0. The molecule has 1 aromatic carbocycles. The molecule has 1 aliphatic heterocycles. The smallest absolute Gasteiger partial charge is 0.349 e. The van der Waals surface area contributed by atoms with Crippen molar-refractivity contribution in [3.8, 4) is 0 Å². The third-order valence-electron chi connectivity index (χ3n) is 4.38. The zero-order valence-electron chi connectivity index (χ0n) is 13.5. The van der Waals surface area contributed by atoms with E-state index >= 15 is 0 Å². The average molecular weight is 365 g/mol. The number of nitrogens with one attached hydrogen (secondary N) is 1. The van der Waals surface area contributed by atoms with Gasteiger partial charge in [0.05, 0.1) is 13.1 Å². The van der Waals surface area contributed by atoms with E-state index in [-0.39, 0.29) is 13.1 Å². The van der Waals surface area contributed by atoms with Gasteiger partial charge in [-0.25, -0.2) is 8.78 Å². The molecular formula is C16H20F5N3O. The van der Waals surface area contributed by atoms with E-state index < -0.39 is 49.5 Å². The van der Waals surface area contributed by atoms with E-state index in [0.717, 1.165) is 5.56 Å². The number of amides is 1. The molecule has 2 rings (SSSR count). The molecule has 1 atom stereocenters. The number of carbonyl (C=O) groups is 1. The number of likely N-dealkylation sites (tertiary alicyclic amines) is 1. The van der Waals surface area contributed by atoms with Crippen LogP contribution in [0.1, 0.15) is 12.0 Å². The molecule has 0 radical (unpaired) electrons. The van der Waals surface area contributed by atoms with Crippen molar-refractivity contribution in [3.05, 3.63) is 35.9 Å². The number of alkyl halides is 5. The molecule has 1 amide bonds. The number of hydrogen-bond acceptors (Lipinski definition) is 3. The Morgan fingerprint density at radius 3 is 2.40 bits per heavy atom. The molecule has 0 bridgehead atoms. The van der Waals surface area contributed by atoms with Crippen molar-refractivity contribution in [3.63, 3.8) is 0 Å². The van der Waals surface area contributed by atoms with Crippen LogP contribution in [0.4, 0.5) is 22.0 Å². The van der Waals surface area contributed by atoms with E-state index in [1.165, 1.54) is 4.90 Å². The van der Waals surface area contributed by atoms with Crippen LogP contribution < -0.4 is 11.1 Å². The normalized spacial score (nSPS) is 22.2. The van der Waals surface area contributed by atoms with Gasteiger partial charge in [-0.05, 0) is 18.5 Å². The van der Waals surface area contributed by atoms with E-state index in [9.17, 15) is 26.7 Å². The molecule has 1 unspecified atom stereocenters. The van der Waals surface area contributed by atoms with Gasteiger partial charge in [0.1, 0.15) is 0 Å². The Bertz CT molecular complexity index is 593. The Morgan fingerprint density at radius 1 is 1.20 bits per heavy atom. The van der Waals surface area contributed by atoms with Crippen molar-refractivity contribution in [2.24, 2.45) is 11.1 Å². The van der Waals surface area contributed by atoms with Crippen LogP contribution in [0.3, 0.4) is 0 Å². The van der Waals surface area contributed by atoms with Gasteiger partial charge in [-0.2, -0.15) is 13.2 Å². The highest BCUT2D eigenvalue weighted by atomic mass is 19.4. The first kappa shape index (κ1) is 19.6. The molecule has 4 nitrogen and oxygen atoms in total. The number of halogens is 5. The minimum absolute atomic E-state index is 0.0507. The molecule has 1 fully saturated rings. The summed E-state index contributed by atoms with van der Waals surface area (Å²) >= 11 is 0. The third kappa shape index (κ3) is 4.46. The Balaban J connectivity index is 2.10. The SMILES string of the molecule is NCC(F)(F)CNC(=O)C1(C(F)(F)F)CCN(Cc2ccccc2)C1. The van der Waals surface area contributed by atoms with Gasteiger partial charge in [0.2, 0.25) is 5.91 Å². The minimum atomic E-state index is -4.83. The molecule has 9 heteroatoms. The van der Waals surface area contributed by atoms with Crippen LogP contribution in [0.25, 0.3) is 0 Å². The van der Waals surface area contributed by atoms with Crippen LogP contribution in [-0.4, -0.2) is 49.1 Å². The molecule has 0 spiro atoms. The maximum absolute atomic E-state index is 13.6. The second kappa shape index (κ2) is 7.25. The summed E-state index contributed by atoms with van der Waals surface area (Å²) in [5.74, 6) is -4.87. The number of benzene rings is 1. The first-order valence-electron chi connectivity index (χ1n) is 7.79. The summed E-state index contributed by atoms with van der Waals surface area (Å²) in [5.41, 5.74) is 2.97. The van der Waals surface area contributed by atoms with Crippen molar-refractivity contribution in [1.29, 1.82) is 0 Å². The average Bonchev–Trinajstić information content (AvgIpc) is 2.99. The summed E-state index contributed by atoms with van der Waals surface area (Å²) in [6.07, 6.45) is -5.30. The summed E-state index contributed by atoms with van der Waals surface area (Å²) in [4.78, 5) is 13.6. The number of hydrogen-bond donors (Lipinski definition) is 2. The van der Waals surface area contributed by atoms with Crippen molar-refractivity contribution in [2.45, 2.75) is 25.1 Å². The predicted molar refractivity (Wildman–Crippen MR) is 81.8 cm³/mol. The topological polar surface area (TPSA) is 58.4 Å². The van der Waals surface area contributed by atoms with Gasteiger partial charge >= 0.3 is 6.18 Å². The molecule has 0 aliphatic carbocycles. The predicted octanol–water partition coefficient (Wildman–Crippen LogP) is 2.15. The Morgan fingerprint density at radius 2 is 1.84 bits per heavy atom. The third-order valence-corrected chi connectivity index (χ3v) is 4.38. The molecular weight excluding hydrogens is 345 g/mol. The lowest BCUT2D eigenvalue weighted by molar-refractivity contribution is -0.218. The first-order chi connectivity index (χ1) is 11.6. The second-order valence-corrected chi connectivity index (χ2v) is 6.27. The van der Waals surface area contributed by atoms with Crippen LogP contribution in [0.15, 0.2) is 30.3 Å². The van der Waals surface area contributed by atoms with Gasteiger partial charge in [-0.15, -0.1) is 0 Å². The molecule has 25 heavy (non-hydrogen) atoms. The Labute approximate surface area is 142 Å². The molecule has 1 aliphatic rings. The Kier molecular flexibility index (Phi) is 5.68. The number of rotatable bonds is 6. The van der Waals surface area contributed by atoms with Crippen LogP contribution in [0.5, 0.6) is 0 Å². The minimum Gasteiger partial charge on any atom is -0.349 e. The second-order valence-electron chi connectivity index (χ2n) is 6.27. The molecule has 140 valence electrons. The van der Waals surface area contributed by atoms with Crippen molar-refractivity contribution >= 4 is 5.91 Å². The maximum atomic E-state index is 13.6. The van der Waals surface area contributed by atoms with E-state index in [0.29, 0.717) is 0 Å². The molecule has 3 N–H and O–H groups in total. The highest BCUT2D eigenvalue weighted by Crippen LogP contribution is 2.46. The fourth-order valence-electron chi connectivity index (χ4n) is 2.86. The fourth-order valence-corrected chi connectivity index (χ4v) is 2.86. The molecule has 0 aromatic heterocycles. The van der Waals surface area contributed by atoms with Gasteiger partial charge in [-0.1, -0.05) is 30.3 Å². The van der Waals surface area contributed by atoms with E-state index in [1.807, 2.05) is 0 Å². The highest BCUT2D eigenvalue weighted by Gasteiger charge is 2.63. The highest BCUT2D eigenvalue weighted by molar-refractivity contribution is 5.84. The summed E-state index contributed by atoms with van der Waals surface area (Å²) in [6, 6.07) is 8.87.